The number of halogens is 1. The van der Waals surface area contributed by atoms with Gasteiger partial charge in [0.2, 0.25) is 0 Å². The zero-order valence-electron chi connectivity index (χ0n) is 6.71. The van der Waals surface area contributed by atoms with Gasteiger partial charge in [0.05, 0.1) is 0 Å². The van der Waals surface area contributed by atoms with Crippen LogP contribution >= 0.6 is 12.4 Å². The Balaban J connectivity index is 0.000000720. The lowest BCUT2D eigenvalue weighted by atomic mass is 10.0. The number of aryl methyl sites for hydroxylation is 1. The SMILES string of the molecule is Cl.Oc1ccc2c(c1)CCCN2. The van der Waals surface area contributed by atoms with Gasteiger partial charge in [-0.25, -0.2) is 0 Å². The molecule has 0 aromatic heterocycles. The molecule has 0 amide bonds. The number of benzene rings is 1. The molecule has 0 bridgehead atoms. The molecular weight excluding hydrogens is 174 g/mol. The number of rotatable bonds is 0. The summed E-state index contributed by atoms with van der Waals surface area (Å²) < 4.78 is 0. The second-order valence-corrected chi connectivity index (χ2v) is 2.87. The van der Waals surface area contributed by atoms with E-state index in [1.165, 1.54) is 11.3 Å². The summed E-state index contributed by atoms with van der Waals surface area (Å²) in [6.45, 7) is 1.05. The van der Waals surface area contributed by atoms with Gasteiger partial charge in [-0.3, -0.25) is 0 Å². The molecule has 3 heteroatoms. The van der Waals surface area contributed by atoms with Crippen molar-refractivity contribution in [2.75, 3.05) is 11.9 Å². The van der Waals surface area contributed by atoms with Gasteiger partial charge in [-0.05, 0) is 36.6 Å². The molecule has 1 aliphatic heterocycles. The van der Waals surface area contributed by atoms with Crippen LogP contribution in [0.4, 0.5) is 5.69 Å². The predicted molar refractivity (Wildman–Crippen MR) is 52.2 cm³/mol. The van der Waals surface area contributed by atoms with Crippen LogP contribution in [-0.2, 0) is 6.42 Å². The molecule has 2 N–H and O–H groups in total. The molecule has 1 aromatic carbocycles. The number of phenols is 1. The summed E-state index contributed by atoms with van der Waals surface area (Å²) in [6, 6.07) is 5.49. The van der Waals surface area contributed by atoms with Crippen LogP contribution in [0.25, 0.3) is 0 Å². The average Bonchev–Trinajstić information content (AvgIpc) is 2.04. The van der Waals surface area contributed by atoms with Crippen LogP contribution in [0.3, 0.4) is 0 Å². The fraction of sp³-hybridized carbons (Fsp3) is 0.333. The third-order valence-electron chi connectivity index (χ3n) is 2.03. The summed E-state index contributed by atoms with van der Waals surface area (Å²) in [5.41, 5.74) is 2.41. The molecule has 1 aliphatic rings. The van der Waals surface area contributed by atoms with Crippen LogP contribution in [0.15, 0.2) is 18.2 Å². The van der Waals surface area contributed by atoms with E-state index in [-0.39, 0.29) is 12.4 Å². The highest BCUT2D eigenvalue weighted by atomic mass is 35.5. The van der Waals surface area contributed by atoms with Gasteiger partial charge in [-0.1, -0.05) is 0 Å². The van der Waals surface area contributed by atoms with Crippen molar-refractivity contribution in [3.63, 3.8) is 0 Å². The van der Waals surface area contributed by atoms with Gasteiger partial charge in [0.25, 0.3) is 0 Å². The summed E-state index contributed by atoms with van der Waals surface area (Å²) in [4.78, 5) is 0. The van der Waals surface area contributed by atoms with E-state index in [9.17, 15) is 0 Å². The van der Waals surface area contributed by atoms with Gasteiger partial charge in [-0.2, -0.15) is 0 Å². The van der Waals surface area contributed by atoms with Gasteiger partial charge >= 0.3 is 0 Å². The van der Waals surface area contributed by atoms with Crippen molar-refractivity contribution >= 4 is 18.1 Å². The number of hydrogen-bond donors (Lipinski definition) is 2. The highest BCUT2D eigenvalue weighted by Crippen LogP contribution is 2.25. The summed E-state index contributed by atoms with van der Waals surface area (Å²) in [6.07, 6.45) is 2.24. The Morgan fingerprint density at radius 3 is 3.00 bits per heavy atom. The zero-order valence-corrected chi connectivity index (χ0v) is 7.53. The Morgan fingerprint density at radius 1 is 1.33 bits per heavy atom. The molecule has 1 aromatic rings. The maximum Gasteiger partial charge on any atom is 0.116 e. The Labute approximate surface area is 78.0 Å². The van der Waals surface area contributed by atoms with E-state index in [0.717, 1.165) is 19.4 Å². The summed E-state index contributed by atoms with van der Waals surface area (Å²) in [7, 11) is 0. The van der Waals surface area contributed by atoms with Gasteiger partial charge in [0, 0.05) is 12.2 Å². The number of phenolic OH excluding ortho intramolecular Hbond substituents is 1. The zero-order chi connectivity index (χ0) is 7.68. The van der Waals surface area contributed by atoms with E-state index in [1.54, 1.807) is 6.07 Å². The second-order valence-electron chi connectivity index (χ2n) is 2.87. The number of fused-ring (bicyclic) bond motifs is 1. The lowest BCUT2D eigenvalue weighted by molar-refractivity contribution is 0.474. The first-order valence-electron chi connectivity index (χ1n) is 3.92. The van der Waals surface area contributed by atoms with Gasteiger partial charge in [0.1, 0.15) is 5.75 Å². The van der Waals surface area contributed by atoms with Crippen LogP contribution in [-0.4, -0.2) is 11.7 Å². The molecule has 2 nitrogen and oxygen atoms in total. The lowest BCUT2D eigenvalue weighted by Crippen LogP contribution is -2.10. The second kappa shape index (κ2) is 3.68. The molecule has 0 atom stereocenters. The van der Waals surface area contributed by atoms with Crippen molar-refractivity contribution in [3.8, 4) is 5.75 Å². The summed E-state index contributed by atoms with van der Waals surface area (Å²) in [5, 5.41) is 12.4. The molecule has 0 fully saturated rings. The molecule has 2 rings (SSSR count). The molecule has 0 saturated carbocycles. The largest absolute Gasteiger partial charge is 0.508 e. The van der Waals surface area contributed by atoms with E-state index in [4.69, 9.17) is 5.11 Å². The van der Waals surface area contributed by atoms with Crippen LogP contribution in [0.1, 0.15) is 12.0 Å². The van der Waals surface area contributed by atoms with Crippen LogP contribution < -0.4 is 5.32 Å². The van der Waals surface area contributed by atoms with Gasteiger partial charge in [-0.15, -0.1) is 12.4 Å². The topological polar surface area (TPSA) is 32.3 Å². The minimum atomic E-state index is 0. The number of nitrogens with one attached hydrogen (secondary N) is 1. The van der Waals surface area contributed by atoms with Crippen molar-refractivity contribution in [2.24, 2.45) is 0 Å². The molecule has 0 aliphatic carbocycles. The molecule has 0 radical (unpaired) electrons. The first-order chi connectivity index (χ1) is 5.36. The van der Waals surface area contributed by atoms with Crippen LogP contribution in [0.2, 0.25) is 0 Å². The molecule has 66 valence electrons. The Kier molecular flexibility index (Phi) is 2.82. The van der Waals surface area contributed by atoms with E-state index in [0.29, 0.717) is 5.75 Å². The molecule has 0 spiro atoms. The van der Waals surface area contributed by atoms with Gasteiger partial charge in [0.15, 0.2) is 0 Å². The maximum absolute atomic E-state index is 9.16. The highest BCUT2D eigenvalue weighted by Gasteiger charge is 2.07. The minimum absolute atomic E-state index is 0. The van der Waals surface area contributed by atoms with E-state index in [1.807, 2.05) is 12.1 Å². The minimum Gasteiger partial charge on any atom is -0.508 e. The lowest BCUT2D eigenvalue weighted by Gasteiger charge is -2.17. The van der Waals surface area contributed by atoms with Crippen molar-refractivity contribution in [2.45, 2.75) is 12.8 Å². The Bertz CT molecular complexity index is 275. The normalized spacial score (nSPS) is 14.0. The average molecular weight is 186 g/mol. The molecule has 0 unspecified atom stereocenters. The first kappa shape index (κ1) is 9.20. The molecular formula is C9H12ClNO. The monoisotopic (exact) mass is 185 g/mol. The summed E-state index contributed by atoms with van der Waals surface area (Å²) >= 11 is 0. The van der Waals surface area contributed by atoms with Crippen molar-refractivity contribution < 1.29 is 5.11 Å². The van der Waals surface area contributed by atoms with Crippen molar-refractivity contribution in [3.05, 3.63) is 23.8 Å². The van der Waals surface area contributed by atoms with E-state index in [2.05, 4.69) is 5.32 Å². The molecule has 0 saturated heterocycles. The van der Waals surface area contributed by atoms with Crippen LogP contribution in [0.5, 0.6) is 5.75 Å². The van der Waals surface area contributed by atoms with E-state index >= 15 is 0 Å². The first-order valence-corrected chi connectivity index (χ1v) is 3.92. The smallest absolute Gasteiger partial charge is 0.116 e. The third kappa shape index (κ3) is 1.64. The molecule has 1 heterocycles. The fourth-order valence-electron chi connectivity index (χ4n) is 1.46. The third-order valence-corrected chi connectivity index (χ3v) is 2.03. The summed E-state index contributed by atoms with van der Waals surface area (Å²) in [5.74, 6) is 0.368. The van der Waals surface area contributed by atoms with E-state index < -0.39 is 0 Å². The van der Waals surface area contributed by atoms with Gasteiger partial charge < -0.3 is 10.4 Å². The Hall–Kier alpha value is -0.890. The number of anilines is 1. The maximum atomic E-state index is 9.16. The number of aromatic hydroxyl groups is 1. The van der Waals surface area contributed by atoms with Crippen molar-refractivity contribution in [1.82, 2.24) is 0 Å². The van der Waals surface area contributed by atoms with Crippen LogP contribution in [0, 0.1) is 0 Å². The highest BCUT2D eigenvalue weighted by molar-refractivity contribution is 5.85. The fourth-order valence-corrected chi connectivity index (χ4v) is 1.46. The standard InChI is InChI=1S/C9H11NO.ClH/c11-8-3-4-9-7(6-8)2-1-5-10-9;/h3-4,6,10-11H,1-2,5H2;1H. The Morgan fingerprint density at radius 2 is 2.17 bits per heavy atom. The quantitative estimate of drug-likeness (QED) is 0.608. The predicted octanol–water partition coefficient (Wildman–Crippen LogP) is 2.17. The van der Waals surface area contributed by atoms with Crippen molar-refractivity contribution in [1.29, 1.82) is 0 Å². The molecule has 12 heavy (non-hydrogen) atoms. The number of hydrogen-bond acceptors (Lipinski definition) is 2.